The second-order valence-corrected chi connectivity index (χ2v) is 6.34. The van der Waals surface area contributed by atoms with Crippen molar-refractivity contribution < 1.29 is 0 Å². The SMILES string of the molecule is C=CCn1cnn(CN(C)C(c2ccccc2)c2ccccc2)c1=S. The van der Waals surface area contributed by atoms with Crippen molar-refractivity contribution in [2.45, 2.75) is 19.3 Å². The van der Waals surface area contributed by atoms with Crippen LogP contribution in [-0.2, 0) is 13.2 Å². The lowest BCUT2D eigenvalue weighted by Gasteiger charge is -2.28. The van der Waals surface area contributed by atoms with Crippen LogP contribution in [0.15, 0.2) is 79.6 Å². The van der Waals surface area contributed by atoms with Gasteiger partial charge in [-0.05, 0) is 30.4 Å². The third-order valence-electron chi connectivity index (χ3n) is 4.15. The van der Waals surface area contributed by atoms with E-state index in [0.29, 0.717) is 18.0 Å². The van der Waals surface area contributed by atoms with Gasteiger partial charge < -0.3 is 4.57 Å². The molecule has 1 heterocycles. The topological polar surface area (TPSA) is 26.0 Å². The highest BCUT2D eigenvalue weighted by Gasteiger charge is 2.19. The number of allylic oxidation sites excluding steroid dienone is 1. The van der Waals surface area contributed by atoms with E-state index < -0.39 is 0 Å². The Morgan fingerprint density at radius 1 is 1.08 bits per heavy atom. The van der Waals surface area contributed by atoms with Crippen molar-refractivity contribution in [1.29, 1.82) is 0 Å². The molecule has 2 aromatic carbocycles. The van der Waals surface area contributed by atoms with Gasteiger partial charge in [-0.1, -0.05) is 66.7 Å². The van der Waals surface area contributed by atoms with Crippen LogP contribution in [0.1, 0.15) is 17.2 Å². The van der Waals surface area contributed by atoms with Crippen molar-refractivity contribution in [1.82, 2.24) is 19.2 Å². The highest BCUT2D eigenvalue weighted by molar-refractivity contribution is 7.71. The standard InChI is InChI=1S/C20H22N4S/c1-3-14-23-15-21-24(20(23)25)16-22(2)19(17-10-6-4-7-11-17)18-12-8-5-9-13-18/h3-13,15,19H,1,14,16H2,2H3. The largest absolute Gasteiger partial charge is 0.303 e. The molecule has 0 atom stereocenters. The summed E-state index contributed by atoms with van der Waals surface area (Å²) in [6.07, 6.45) is 3.58. The minimum atomic E-state index is 0.133. The van der Waals surface area contributed by atoms with Crippen molar-refractivity contribution in [2.75, 3.05) is 7.05 Å². The van der Waals surface area contributed by atoms with Gasteiger partial charge in [-0.3, -0.25) is 4.90 Å². The molecule has 25 heavy (non-hydrogen) atoms. The maximum atomic E-state index is 5.52. The van der Waals surface area contributed by atoms with Crippen LogP contribution in [0.2, 0.25) is 0 Å². The summed E-state index contributed by atoms with van der Waals surface area (Å²) in [7, 11) is 2.10. The van der Waals surface area contributed by atoms with Crippen LogP contribution in [0, 0.1) is 4.77 Å². The Morgan fingerprint density at radius 2 is 1.64 bits per heavy atom. The molecule has 1 aromatic heterocycles. The van der Waals surface area contributed by atoms with Crippen molar-refractivity contribution >= 4 is 12.2 Å². The molecule has 0 spiro atoms. The number of benzene rings is 2. The Balaban J connectivity index is 1.91. The van der Waals surface area contributed by atoms with Gasteiger partial charge in [0.05, 0.1) is 12.7 Å². The Bertz CT molecular complexity index is 828. The summed E-state index contributed by atoms with van der Waals surface area (Å²) in [4.78, 5) is 2.26. The number of aromatic nitrogens is 3. The molecule has 0 aliphatic rings. The van der Waals surface area contributed by atoms with Crippen molar-refractivity contribution in [2.24, 2.45) is 0 Å². The predicted molar refractivity (Wildman–Crippen MR) is 104 cm³/mol. The van der Waals surface area contributed by atoms with E-state index in [4.69, 9.17) is 12.2 Å². The monoisotopic (exact) mass is 350 g/mol. The van der Waals surface area contributed by atoms with E-state index in [2.05, 4.69) is 72.2 Å². The molecule has 0 aliphatic heterocycles. The van der Waals surface area contributed by atoms with Gasteiger partial charge >= 0.3 is 0 Å². The van der Waals surface area contributed by atoms with Crippen LogP contribution < -0.4 is 0 Å². The van der Waals surface area contributed by atoms with E-state index in [-0.39, 0.29) is 6.04 Å². The highest BCUT2D eigenvalue weighted by Crippen LogP contribution is 2.27. The van der Waals surface area contributed by atoms with E-state index >= 15 is 0 Å². The van der Waals surface area contributed by atoms with Gasteiger partial charge in [0.15, 0.2) is 4.77 Å². The third kappa shape index (κ3) is 3.95. The molecule has 3 aromatic rings. The predicted octanol–water partition coefficient (Wildman–Crippen LogP) is 4.28. The number of hydrogen-bond donors (Lipinski definition) is 0. The van der Waals surface area contributed by atoms with Gasteiger partial charge in [-0.15, -0.1) is 6.58 Å². The zero-order valence-electron chi connectivity index (χ0n) is 14.3. The zero-order valence-corrected chi connectivity index (χ0v) is 15.1. The third-order valence-corrected chi connectivity index (χ3v) is 4.60. The highest BCUT2D eigenvalue weighted by atomic mass is 32.1. The lowest BCUT2D eigenvalue weighted by Crippen LogP contribution is -2.28. The maximum absolute atomic E-state index is 5.52. The summed E-state index contributed by atoms with van der Waals surface area (Å²) in [6.45, 7) is 5.04. The first-order valence-electron chi connectivity index (χ1n) is 8.24. The zero-order chi connectivity index (χ0) is 17.6. The van der Waals surface area contributed by atoms with Gasteiger partial charge in [0.1, 0.15) is 6.33 Å². The van der Waals surface area contributed by atoms with Crippen LogP contribution in [0.5, 0.6) is 0 Å². The molecule has 0 saturated heterocycles. The molecule has 4 nitrogen and oxygen atoms in total. The minimum absolute atomic E-state index is 0.133. The molecule has 3 rings (SSSR count). The summed E-state index contributed by atoms with van der Waals surface area (Å²) >= 11 is 5.52. The lowest BCUT2D eigenvalue weighted by molar-refractivity contribution is 0.207. The first-order chi connectivity index (χ1) is 12.2. The Kier molecular flexibility index (Phi) is 5.58. The summed E-state index contributed by atoms with van der Waals surface area (Å²) in [5.41, 5.74) is 2.49. The number of nitrogens with zero attached hydrogens (tertiary/aromatic N) is 4. The molecular formula is C20H22N4S. The van der Waals surface area contributed by atoms with Gasteiger partial charge in [0.2, 0.25) is 0 Å². The smallest absolute Gasteiger partial charge is 0.199 e. The van der Waals surface area contributed by atoms with E-state index in [9.17, 15) is 0 Å². The Hall–Kier alpha value is -2.50. The first kappa shape index (κ1) is 17.3. The van der Waals surface area contributed by atoms with Crippen LogP contribution in [0.3, 0.4) is 0 Å². The van der Waals surface area contributed by atoms with E-state index in [1.54, 1.807) is 6.33 Å². The molecular weight excluding hydrogens is 328 g/mol. The van der Waals surface area contributed by atoms with Crippen molar-refractivity contribution in [3.05, 3.63) is 95.5 Å². The van der Waals surface area contributed by atoms with Crippen molar-refractivity contribution in [3.8, 4) is 0 Å². The molecule has 0 radical (unpaired) electrons. The van der Waals surface area contributed by atoms with Gasteiger partial charge in [-0.25, -0.2) is 4.68 Å². The van der Waals surface area contributed by atoms with Crippen LogP contribution >= 0.6 is 12.2 Å². The number of rotatable bonds is 7. The fourth-order valence-electron chi connectivity index (χ4n) is 3.00. The quantitative estimate of drug-likeness (QED) is 0.470. The molecule has 0 bridgehead atoms. The maximum Gasteiger partial charge on any atom is 0.199 e. The van der Waals surface area contributed by atoms with Gasteiger partial charge in [-0.2, -0.15) is 5.10 Å². The fourth-order valence-corrected chi connectivity index (χ4v) is 3.22. The molecule has 0 amide bonds. The molecule has 0 fully saturated rings. The van der Waals surface area contributed by atoms with Crippen molar-refractivity contribution in [3.63, 3.8) is 0 Å². The fraction of sp³-hybridized carbons (Fsp3) is 0.200. The molecule has 5 heteroatoms. The molecule has 0 saturated carbocycles. The Morgan fingerprint density at radius 3 is 2.16 bits per heavy atom. The first-order valence-corrected chi connectivity index (χ1v) is 8.65. The average Bonchev–Trinajstić information content (AvgIpc) is 2.98. The lowest BCUT2D eigenvalue weighted by atomic mass is 9.98. The van der Waals surface area contributed by atoms with Crippen LogP contribution in [0.4, 0.5) is 0 Å². The average molecular weight is 350 g/mol. The van der Waals surface area contributed by atoms with E-state index in [1.807, 2.05) is 27.5 Å². The van der Waals surface area contributed by atoms with Gasteiger partial charge in [0.25, 0.3) is 0 Å². The Labute approximate surface area is 153 Å². The van der Waals surface area contributed by atoms with E-state index in [1.165, 1.54) is 11.1 Å². The summed E-state index contributed by atoms with van der Waals surface area (Å²) in [5.74, 6) is 0. The molecule has 0 unspecified atom stereocenters. The second kappa shape index (κ2) is 8.05. The number of hydrogen-bond acceptors (Lipinski definition) is 3. The van der Waals surface area contributed by atoms with Crippen LogP contribution in [0.25, 0.3) is 0 Å². The summed E-state index contributed by atoms with van der Waals surface area (Å²) in [6, 6.07) is 21.1. The van der Waals surface area contributed by atoms with Crippen LogP contribution in [-0.4, -0.2) is 26.3 Å². The minimum Gasteiger partial charge on any atom is -0.303 e. The molecule has 0 aliphatic carbocycles. The normalized spacial score (nSPS) is 11.2. The molecule has 128 valence electrons. The van der Waals surface area contributed by atoms with E-state index in [0.717, 1.165) is 0 Å². The summed E-state index contributed by atoms with van der Waals surface area (Å²) in [5, 5.41) is 4.43. The molecule has 0 N–H and O–H groups in total. The summed E-state index contributed by atoms with van der Waals surface area (Å²) < 4.78 is 4.46. The van der Waals surface area contributed by atoms with Gasteiger partial charge in [0, 0.05) is 6.54 Å². The second-order valence-electron chi connectivity index (χ2n) is 5.98.